The molecule has 2 aromatic rings. The Kier molecular flexibility index (Phi) is 9.02. The highest BCUT2D eigenvalue weighted by Gasteiger charge is 2.45. The van der Waals surface area contributed by atoms with Crippen LogP contribution in [0.3, 0.4) is 0 Å². The first-order chi connectivity index (χ1) is 24.4. The van der Waals surface area contributed by atoms with Gasteiger partial charge in [0.2, 0.25) is 17.2 Å². The number of nitrogens with zero attached hydrogens (tertiary/aromatic N) is 2. The number of anilines is 3. The molecule has 8 nitrogen and oxygen atoms in total. The molecule has 2 heterocycles. The van der Waals surface area contributed by atoms with E-state index in [9.17, 15) is 19.5 Å². The SMILES string of the molecule is CC(C)N1c2cc(NC(=O)C(C)(C)C)c(C3=C([O-])/C(=c4\cc5c(cc4NC(=O)C(C)(C)C)=[N+](C(C)C)C4CCCCC54)C3=O)cc2C2CCCCC21. The van der Waals surface area contributed by atoms with Crippen molar-refractivity contribution in [3.8, 4) is 0 Å². The number of ketones is 1. The van der Waals surface area contributed by atoms with Crippen molar-refractivity contribution in [1.29, 1.82) is 0 Å². The van der Waals surface area contributed by atoms with E-state index < -0.39 is 10.8 Å². The molecular formula is C44H58N4O4. The van der Waals surface area contributed by atoms with E-state index in [2.05, 4.69) is 47.8 Å². The van der Waals surface area contributed by atoms with Crippen LogP contribution in [0.15, 0.2) is 30.0 Å². The molecule has 7 rings (SSSR count). The van der Waals surface area contributed by atoms with Gasteiger partial charge in [-0.1, -0.05) is 66.6 Å². The van der Waals surface area contributed by atoms with Crippen LogP contribution >= 0.6 is 0 Å². The highest BCUT2D eigenvalue weighted by molar-refractivity contribution is 6.52. The molecule has 2 saturated carbocycles. The summed E-state index contributed by atoms with van der Waals surface area (Å²) >= 11 is 0. The van der Waals surface area contributed by atoms with E-state index in [0.29, 0.717) is 46.1 Å². The summed E-state index contributed by atoms with van der Waals surface area (Å²) in [5, 5.41) is 22.5. The molecule has 2 aliphatic heterocycles. The second-order valence-corrected chi connectivity index (χ2v) is 18.6. The Labute approximate surface area is 309 Å². The number of amides is 2. The summed E-state index contributed by atoms with van der Waals surface area (Å²) in [6.07, 6.45) is 8.96. The Morgan fingerprint density at radius 1 is 0.769 bits per heavy atom. The topological polar surface area (TPSA) is 105 Å². The van der Waals surface area contributed by atoms with Gasteiger partial charge in [-0.25, -0.2) is 4.58 Å². The Bertz CT molecular complexity index is 2030. The zero-order chi connectivity index (χ0) is 37.6. The third kappa shape index (κ3) is 5.89. The number of Topliss-reactive ketones (excluding diaryl/α,β-unsaturated/α-hetero) is 1. The number of benzene rings is 2. The molecule has 2 amide bonds. The number of rotatable bonds is 5. The molecule has 0 saturated heterocycles. The predicted molar refractivity (Wildman–Crippen MR) is 208 cm³/mol. The smallest absolute Gasteiger partial charge is 0.229 e. The van der Waals surface area contributed by atoms with E-state index in [4.69, 9.17) is 0 Å². The van der Waals surface area contributed by atoms with Crippen molar-refractivity contribution in [1.82, 2.24) is 4.58 Å². The Morgan fingerprint density at radius 2 is 1.37 bits per heavy atom. The van der Waals surface area contributed by atoms with Gasteiger partial charge < -0.3 is 20.6 Å². The monoisotopic (exact) mass is 706 g/mol. The molecule has 8 heteroatoms. The number of carbonyl (C=O) groups excluding carboxylic acids is 3. The van der Waals surface area contributed by atoms with Crippen molar-refractivity contribution < 1.29 is 19.5 Å². The van der Waals surface area contributed by atoms with Crippen LogP contribution in [0, 0.1) is 10.8 Å². The van der Waals surface area contributed by atoms with Gasteiger partial charge in [0.1, 0.15) is 6.04 Å². The third-order valence-corrected chi connectivity index (χ3v) is 12.3. The fourth-order valence-corrected chi connectivity index (χ4v) is 9.67. The first-order valence-corrected chi connectivity index (χ1v) is 19.8. The summed E-state index contributed by atoms with van der Waals surface area (Å²) in [5.74, 6) is -0.385. The van der Waals surface area contributed by atoms with Crippen LogP contribution in [0.5, 0.6) is 0 Å². The number of nitrogens with one attached hydrogen (secondary N) is 2. The third-order valence-electron chi connectivity index (χ3n) is 12.3. The van der Waals surface area contributed by atoms with Crippen molar-refractivity contribution in [3.05, 3.63) is 57.3 Å². The van der Waals surface area contributed by atoms with Crippen LogP contribution in [-0.2, 0) is 14.4 Å². The molecule has 5 aliphatic rings. The van der Waals surface area contributed by atoms with Gasteiger partial charge in [-0.15, -0.1) is 0 Å². The van der Waals surface area contributed by atoms with E-state index in [-0.39, 0.29) is 46.6 Å². The summed E-state index contributed by atoms with van der Waals surface area (Å²) in [6.45, 7) is 20.0. The molecule has 0 spiro atoms. The van der Waals surface area contributed by atoms with Gasteiger partial charge in [0.05, 0.1) is 17.3 Å². The lowest BCUT2D eigenvalue weighted by Gasteiger charge is -2.36. The molecule has 2 fully saturated rings. The molecule has 278 valence electrons. The Hall–Kier alpha value is -3.94. The first kappa shape index (κ1) is 36.4. The number of hydrogen-bond donors (Lipinski definition) is 2. The van der Waals surface area contributed by atoms with Crippen LogP contribution in [0.4, 0.5) is 17.1 Å². The fraction of sp³-hybridized carbons (Fsp3) is 0.591. The summed E-state index contributed by atoms with van der Waals surface area (Å²) in [6, 6.07) is 9.37. The molecule has 2 N–H and O–H groups in total. The zero-order valence-corrected chi connectivity index (χ0v) is 33.0. The van der Waals surface area contributed by atoms with Crippen molar-refractivity contribution in [2.24, 2.45) is 10.8 Å². The van der Waals surface area contributed by atoms with Gasteiger partial charge in [0.25, 0.3) is 0 Å². The summed E-state index contributed by atoms with van der Waals surface area (Å²) in [7, 11) is 0. The number of allylic oxidation sites excluding steroid dienone is 2. The minimum atomic E-state index is -0.678. The second kappa shape index (κ2) is 12.9. The quantitative estimate of drug-likeness (QED) is 0.353. The normalized spacial score (nSPS) is 25.2. The maximum atomic E-state index is 14.6. The van der Waals surface area contributed by atoms with E-state index in [1.807, 2.05) is 65.8 Å². The predicted octanol–water partition coefficient (Wildman–Crippen LogP) is 6.35. The molecule has 52 heavy (non-hydrogen) atoms. The van der Waals surface area contributed by atoms with Crippen molar-refractivity contribution >= 4 is 45.8 Å². The molecular weight excluding hydrogens is 649 g/mol. The molecule has 3 aliphatic carbocycles. The van der Waals surface area contributed by atoms with Crippen molar-refractivity contribution in [3.63, 3.8) is 0 Å². The summed E-state index contributed by atoms with van der Waals surface area (Å²) in [5.41, 5.74) is 3.81. The zero-order valence-electron chi connectivity index (χ0n) is 33.0. The van der Waals surface area contributed by atoms with Gasteiger partial charge in [0, 0.05) is 74.5 Å². The Morgan fingerprint density at radius 3 is 1.96 bits per heavy atom. The van der Waals surface area contributed by atoms with Crippen LogP contribution < -0.4 is 35.8 Å². The second-order valence-electron chi connectivity index (χ2n) is 18.6. The van der Waals surface area contributed by atoms with Crippen LogP contribution in [0.1, 0.15) is 149 Å². The maximum absolute atomic E-state index is 14.6. The van der Waals surface area contributed by atoms with Gasteiger partial charge in [0.15, 0.2) is 11.8 Å². The molecule has 0 aromatic heterocycles. The standard InChI is InChI=1S/C44H58N4O4/c1-23(2)47-33-17-13-11-15-25(33)27-19-29(31(21-35(27)47)45-41(51)43(5,6)7)37-39(49)38(40(37)50)30-20-28-26-16-12-14-18-34(26)48(24(3)4)36(28)22-32(30)46-42(52)44(8,9)10/h19-26,33-34H,11-18H2,1-10H3,(H2,45,46,49,50,51,52). The fourth-order valence-electron chi connectivity index (χ4n) is 9.67. The molecule has 2 aromatic carbocycles. The lowest BCUT2D eigenvalue weighted by molar-refractivity contribution is -0.292. The highest BCUT2D eigenvalue weighted by atomic mass is 16.3. The average Bonchev–Trinajstić information content (AvgIpc) is 3.56. The number of fused-ring (bicyclic) bond motifs is 6. The van der Waals surface area contributed by atoms with Gasteiger partial charge in [-0.3, -0.25) is 14.4 Å². The van der Waals surface area contributed by atoms with Crippen LogP contribution in [-0.4, -0.2) is 41.8 Å². The van der Waals surface area contributed by atoms with E-state index in [0.717, 1.165) is 60.7 Å². The first-order valence-electron chi connectivity index (χ1n) is 19.8. The van der Waals surface area contributed by atoms with Crippen molar-refractivity contribution in [2.75, 3.05) is 15.5 Å². The van der Waals surface area contributed by atoms with Crippen LogP contribution in [0.2, 0.25) is 0 Å². The minimum absolute atomic E-state index is 0.116. The Balaban J connectivity index is 1.45. The molecule has 4 atom stereocenters. The largest absolute Gasteiger partial charge is 0.871 e. The number of hydrogen-bond acceptors (Lipinski definition) is 5. The van der Waals surface area contributed by atoms with Gasteiger partial charge >= 0.3 is 0 Å². The molecule has 4 unspecified atom stereocenters. The van der Waals surface area contributed by atoms with Gasteiger partial charge in [-0.05, 0) is 77.1 Å². The summed E-state index contributed by atoms with van der Waals surface area (Å²) < 4.78 is 2.48. The van der Waals surface area contributed by atoms with E-state index in [1.54, 1.807) is 0 Å². The molecule has 0 bridgehead atoms. The van der Waals surface area contributed by atoms with Crippen LogP contribution in [0.25, 0.3) is 11.1 Å². The van der Waals surface area contributed by atoms with Gasteiger partial charge in [-0.2, -0.15) is 0 Å². The summed E-state index contributed by atoms with van der Waals surface area (Å²) in [4.78, 5) is 44.1. The van der Waals surface area contributed by atoms with Crippen molar-refractivity contribution in [2.45, 2.75) is 157 Å². The minimum Gasteiger partial charge on any atom is -0.871 e. The lowest BCUT2D eigenvalue weighted by Crippen LogP contribution is -2.42. The lowest BCUT2D eigenvalue weighted by atomic mass is 9.77. The van der Waals surface area contributed by atoms with E-state index in [1.165, 1.54) is 12.8 Å². The average molecular weight is 707 g/mol. The number of carbonyl (C=O) groups is 3. The van der Waals surface area contributed by atoms with E-state index >= 15 is 0 Å². The maximum Gasteiger partial charge on any atom is 0.229 e. The molecule has 0 radical (unpaired) electrons. The highest BCUT2D eigenvalue weighted by Crippen LogP contribution is 2.52.